The average Bonchev–Trinajstić information content (AvgIpc) is 2.19. The minimum atomic E-state index is -5.39. The van der Waals surface area contributed by atoms with Gasteiger partial charge in [-0.05, 0) is 24.1 Å². The van der Waals surface area contributed by atoms with Crippen molar-refractivity contribution in [3.8, 4) is 0 Å². The van der Waals surface area contributed by atoms with Crippen LogP contribution in [0.4, 0.5) is 24.5 Å². The lowest BCUT2D eigenvalue weighted by Gasteiger charge is -2.14. The Labute approximate surface area is 96.3 Å². The third-order valence-electron chi connectivity index (χ3n) is 2.30. The molecule has 0 radical (unpaired) electrons. The van der Waals surface area contributed by atoms with Crippen LogP contribution in [0.5, 0.6) is 0 Å². The van der Waals surface area contributed by atoms with Crippen LogP contribution in [-0.4, -0.2) is 13.9 Å². The number of hydrogen-bond donors (Lipinski definition) is 2. The van der Waals surface area contributed by atoms with Gasteiger partial charge in [-0.15, -0.1) is 0 Å². The largest absolute Gasteiger partial charge is 0.501 e. The molecule has 0 amide bonds. The van der Waals surface area contributed by atoms with Gasteiger partial charge in [0.05, 0.1) is 16.3 Å². The predicted octanol–water partition coefficient (Wildman–Crippen LogP) is 1.71. The van der Waals surface area contributed by atoms with E-state index in [4.69, 9.17) is 11.5 Å². The van der Waals surface area contributed by atoms with Gasteiger partial charge in [-0.2, -0.15) is 13.2 Å². The Morgan fingerprint density at radius 2 is 1.76 bits per heavy atom. The minimum Gasteiger partial charge on any atom is -0.397 e. The van der Waals surface area contributed by atoms with Crippen LogP contribution >= 0.6 is 0 Å². The van der Waals surface area contributed by atoms with E-state index in [9.17, 15) is 21.6 Å². The zero-order chi connectivity index (χ0) is 13.4. The molecule has 17 heavy (non-hydrogen) atoms. The number of rotatable bonds is 2. The Hall–Kier alpha value is -1.44. The van der Waals surface area contributed by atoms with Crippen LogP contribution in [0.2, 0.25) is 0 Å². The molecule has 0 aliphatic rings. The molecule has 0 bridgehead atoms. The van der Waals surface area contributed by atoms with E-state index in [1.165, 1.54) is 6.92 Å². The van der Waals surface area contributed by atoms with Crippen molar-refractivity contribution in [1.29, 1.82) is 0 Å². The summed E-state index contributed by atoms with van der Waals surface area (Å²) in [6.07, 6.45) is 0.0432. The van der Waals surface area contributed by atoms with Gasteiger partial charge < -0.3 is 11.5 Å². The van der Waals surface area contributed by atoms with E-state index in [-0.39, 0.29) is 23.4 Å². The minimum absolute atomic E-state index is 0.0432. The Balaban J connectivity index is 3.60. The fraction of sp³-hybridized carbons (Fsp3) is 0.333. The SMILES string of the molecule is CCc1c(S(=O)(=O)C(F)(F)F)ccc(N)c1N. The summed E-state index contributed by atoms with van der Waals surface area (Å²) in [6, 6.07) is 1.88. The molecule has 0 heterocycles. The Kier molecular flexibility index (Phi) is 3.28. The molecule has 0 aromatic heterocycles. The second kappa shape index (κ2) is 4.10. The number of nitrogens with two attached hydrogens (primary N) is 2. The number of anilines is 2. The quantitative estimate of drug-likeness (QED) is 0.799. The number of halogens is 3. The summed E-state index contributed by atoms with van der Waals surface area (Å²) in [5.74, 6) is 0. The van der Waals surface area contributed by atoms with Gasteiger partial charge >= 0.3 is 5.51 Å². The molecule has 0 atom stereocenters. The molecule has 0 spiro atoms. The zero-order valence-corrected chi connectivity index (χ0v) is 9.69. The summed E-state index contributed by atoms with van der Waals surface area (Å²) in [5.41, 5.74) is 5.37. The summed E-state index contributed by atoms with van der Waals surface area (Å²) >= 11 is 0. The molecule has 4 N–H and O–H groups in total. The number of sulfone groups is 1. The molecule has 1 aromatic carbocycles. The summed E-state index contributed by atoms with van der Waals surface area (Å²) < 4.78 is 59.8. The number of hydrogen-bond acceptors (Lipinski definition) is 4. The molecule has 1 rings (SSSR count). The van der Waals surface area contributed by atoms with E-state index in [0.29, 0.717) is 0 Å². The first-order valence-electron chi connectivity index (χ1n) is 4.61. The third kappa shape index (κ3) is 2.17. The maximum absolute atomic E-state index is 12.4. The van der Waals surface area contributed by atoms with Crippen LogP contribution in [0.3, 0.4) is 0 Å². The Bertz CT molecular complexity index is 538. The Morgan fingerprint density at radius 3 is 2.18 bits per heavy atom. The topological polar surface area (TPSA) is 86.2 Å². The summed E-state index contributed by atoms with van der Waals surface area (Å²) in [5, 5.41) is 0. The summed E-state index contributed by atoms with van der Waals surface area (Å²) in [7, 11) is -5.39. The van der Waals surface area contributed by atoms with E-state index in [0.717, 1.165) is 12.1 Å². The molecule has 0 saturated heterocycles. The molecule has 0 aliphatic heterocycles. The van der Waals surface area contributed by atoms with Gasteiger partial charge in [-0.25, -0.2) is 8.42 Å². The van der Waals surface area contributed by atoms with Crippen LogP contribution in [0, 0.1) is 0 Å². The van der Waals surface area contributed by atoms with E-state index < -0.39 is 20.2 Å². The fourth-order valence-corrected chi connectivity index (χ4v) is 2.48. The Morgan fingerprint density at radius 1 is 1.24 bits per heavy atom. The van der Waals surface area contributed by atoms with Crippen LogP contribution in [0.25, 0.3) is 0 Å². The highest BCUT2D eigenvalue weighted by Crippen LogP contribution is 2.35. The highest BCUT2D eigenvalue weighted by Gasteiger charge is 2.48. The highest BCUT2D eigenvalue weighted by atomic mass is 32.2. The van der Waals surface area contributed by atoms with Crippen molar-refractivity contribution < 1.29 is 21.6 Å². The van der Waals surface area contributed by atoms with Crippen molar-refractivity contribution in [2.45, 2.75) is 23.7 Å². The fourth-order valence-electron chi connectivity index (χ4n) is 1.40. The molecule has 0 fully saturated rings. The highest BCUT2D eigenvalue weighted by molar-refractivity contribution is 7.92. The second-order valence-corrected chi connectivity index (χ2v) is 5.26. The number of nitrogen functional groups attached to an aromatic ring is 2. The van der Waals surface area contributed by atoms with Crippen molar-refractivity contribution in [2.75, 3.05) is 11.5 Å². The van der Waals surface area contributed by atoms with E-state index in [1.54, 1.807) is 0 Å². The lowest BCUT2D eigenvalue weighted by molar-refractivity contribution is -0.0436. The molecule has 4 nitrogen and oxygen atoms in total. The molecular formula is C9H11F3N2O2S. The molecule has 1 aromatic rings. The molecule has 8 heteroatoms. The van der Waals surface area contributed by atoms with Crippen molar-refractivity contribution >= 4 is 21.2 Å². The second-order valence-electron chi connectivity index (χ2n) is 3.35. The van der Waals surface area contributed by atoms with Crippen molar-refractivity contribution in [1.82, 2.24) is 0 Å². The van der Waals surface area contributed by atoms with E-state index in [2.05, 4.69) is 0 Å². The van der Waals surface area contributed by atoms with Gasteiger partial charge in [0.2, 0.25) is 0 Å². The molecule has 0 unspecified atom stereocenters. The van der Waals surface area contributed by atoms with Crippen LogP contribution in [0.15, 0.2) is 17.0 Å². The average molecular weight is 268 g/mol. The lowest BCUT2D eigenvalue weighted by Crippen LogP contribution is -2.25. The maximum atomic E-state index is 12.4. The number of benzene rings is 1. The normalized spacial score (nSPS) is 12.7. The van der Waals surface area contributed by atoms with Crippen LogP contribution < -0.4 is 11.5 Å². The molecule has 0 saturated carbocycles. The third-order valence-corrected chi connectivity index (χ3v) is 3.87. The van der Waals surface area contributed by atoms with Crippen LogP contribution in [0.1, 0.15) is 12.5 Å². The van der Waals surface area contributed by atoms with Gasteiger partial charge in [0.1, 0.15) is 0 Å². The van der Waals surface area contributed by atoms with Crippen molar-refractivity contribution in [3.05, 3.63) is 17.7 Å². The summed E-state index contributed by atoms with van der Waals surface area (Å²) in [4.78, 5) is -0.834. The first kappa shape index (κ1) is 13.6. The van der Waals surface area contributed by atoms with Gasteiger partial charge in [0, 0.05) is 0 Å². The maximum Gasteiger partial charge on any atom is 0.501 e. The summed E-state index contributed by atoms with van der Waals surface area (Å²) in [6.45, 7) is 1.50. The molecular weight excluding hydrogens is 257 g/mol. The van der Waals surface area contributed by atoms with E-state index >= 15 is 0 Å². The smallest absolute Gasteiger partial charge is 0.397 e. The first-order chi connectivity index (χ1) is 7.63. The van der Waals surface area contributed by atoms with E-state index in [1.807, 2.05) is 0 Å². The zero-order valence-electron chi connectivity index (χ0n) is 8.88. The standard InChI is InChI=1S/C9H11F3N2O2S/c1-2-5-7(4-3-6(13)8(5)14)17(15,16)9(10,11)12/h3-4H,2,13-14H2,1H3. The van der Waals surface area contributed by atoms with Crippen molar-refractivity contribution in [3.63, 3.8) is 0 Å². The van der Waals surface area contributed by atoms with Crippen molar-refractivity contribution in [2.24, 2.45) is 0 Å². The first-order valence-corrected chi connectivity index (χ1v) is 6.09. The lowest BCUT2D eigenvalue weighted by atomic mass is 10.1. The van der Waals surface area contributed by atoms with Crippen LogP contribution in [-0.2, 0) is 16.3 Å². The monoisotopic (exact) mass is 268 g/mol. The van der Waals surface area contributed by atoms with Gasteiger partial charge in [-0.3, -0.25) is 0 Å². The predicted molar refractivity (Wildman–Crippen MR) is 57.9 cm³/mol. The molecule has 0 aliphatic carbocycles. The van der Waals surface area contributed by atoms with Gasteiger partial charge in [0.25, 0.3) is 9.84 Å². The number of alkyl halides is 3. The van der Waals surface area contributed by atoms with Gasteiger partial charge in [-0.1, -0.05) is 6.92 Å². The molecule has 96 valence electrons. The van der Waals surface area contributed by atoms with Gasteiger partial charge in [0.15, 0.2) is 0 Å².